The minimum Gasteiger partial charge on any atom is -0.478 e. The van der Waals surface area contributed by atoms with E-state index in [1.807, 2.05) is 0 Å². The van der Waals surface area contributed by atoms with E-state index in [1.165, 1.54) is 31.7 Å². The summed E-state index contributed by atoms with van der Waals surface area (Å²) < 4.78 is 56.1. The highest BCUT2D eigenvalue weighted by atomic mass is 19.2. The van der Waals surface area contributed by atoms with E-state index in [0.29, 0.717) is 12.3 Å². The summed E-state index contributed by atoms with van der Waals surface area (Å²) in [6.07, 6.45) is 10.3. The molecule has 1 aliphatic rings. The first-order valence-electron chi connectivity index (χ1n) is 11.5. The molecule has 1 N–H and O–H groups in total. The Morgan fingerprint density at radius 3 is 2.06 bits per heavy atom. The second kappa shape index (κ2) is 11.0. The van der Waals surface area contributed by atoms with Crippen LogP contribution in [0.2, 0.25) is 0 Å². The van der Waals surface area contributed by atoms with Gasteiger partial charge in [0.15, 0.2) is 17.5 Å². The van der Waals surface area contributed by atoms with Crippen LogP contribution in [0, 0.1) is 35.1 Å². The maximum atomic E-state index is 15.1. The summed E-state index contributed by atoms with van der Waals surface area (Å²) in [5, 5.41) is 9.30. The Morgan fingerprint density at radius 1 is 0.906 bits per heavy atom. The van der Waals surface area contributed by atoms with Gasteiger partial charge in [-0.1, -0.05) is 64.4 Å². The van der Waals surface area contributed by atoms with Crippen LogP contribution in [0.5, 0.6) is 0 Å². The van der Waals surface area contributed by atoms with Crippen molar-refractivity contribution >= 4 is 5.97 Å². The van der Waals surface area contributed by atoms with Crippen molar-refractivity contribution in [1.29, 1.82) is 0 Å². The number of benzene rings is 2. The lowest BCUT2D eigenvalue weighted by molar-refractivity contribution is 0.0691. The van der Waals surface area contributed by atoms with Gasteiger partial charge in [-0.05, 0) is 59.6 Å². The summed E-state index contributed by atoms with van der Waals surface area (Å²) >= 11 is 0. The Morgan fingerprint density at radius 2 is 1.50 bits per heavy atom. The molecule has 0 heterocycles. The Balaban J connectivity index is 1.78. The fourth-order valence-corrected chi connectivity index (χ4v) is 4.85. The zero-order valence-corrected chi connectivity index (χ0v) is 18.4. The molecule has 1 saturated carbocycles. The van der Waals surface area contributed by atoms with E-state index < -0.39 is 34.8 Å². The third-order valence-electron chi connectivity index (χ3n) is 6.75. The third-order valence-corrected chi connectivity index (χ3v) is 6.75. The molecule has 2 aromatic carbocycles. The van der Waals surface area contributed by atoms with Gasteiger partial charge in [-0.15, -0.1) is 0 Å². The van der Waals surface area contributed by atoms with Gasteiger partial charge >= 0.3 is 5.97 Å². The summed E-state index contributed by atoms with van der Waals surface area (Å²) in [5.74, 6) is -5.48. The maximum absolute atomic E-state index is 15.1. The van der Waals surface area contributed by atoms with Crippen LogP contribution < -0.4 is 0 Å². The lowest BCUT2D eigenvalue weighted by atomic mass is 9.77. The highest BCUT2D eigenvalue weighted by Gasteiger charge is 2.24. The van der Waals surface area contributed by atoms with Crippen LogP contribution in [0.3, 0.4) is 0 Å². The summed E-state index contributed by atoms with van der Waals surface area (Å²) in [4.78, 5) is 11.4. The molecule has 0 saturated heterocycles. The normalized spacial score (nSPS) is 18.7. The smallest absolute Gasteiger partial charge is 0.338 e. The zero-order chi connectivity index (χ0) is 23.3. The number of carbonyl (C=O) groups is 1. The van der Waals surface area contributed by atoms with Crippen LogP contribution in [0.25, 0.3) is 11.1 Å². The number of carboxylic acid groups (broad SMARTS) is 1. The zero-order valence-electron chi connectivity index (χ0n) is 18.4. The minimum absolute atomic E-state index is 0.00753. The van der Waals surface area contributed by atoms with Crippen LogP contribution in [-0.4, -0.2) is 11.1 Å². The lowest BCUT2D eigenvalue weighted by Gasteiger charge is -2.29. The van der Waals surface area contributed by atoms with Crippen molar-refractivity contribution in [3.63, 3.8) is 0 Å². The topological polar surface area (TPSA) is 37.3 Å². The molecule has 2 aromatic rings. The van der Waals surface area contributed by atoms with Crippen LogP contribution in [0.4, 0.5) is 17.6 Å². The van der Waals surface area contributed by atoms with Crippen LogP contribution in [0.1, 0.15) is 80.6 Å². The molecule has 32 heavy (non-hydrogen) atoms. The van der Waals surface area contributed by atoms with Crippen molar-refractivity contribution < 1.29 is 27.5 Å². The van der Waals surface area contributed by atoms with E-state index in [9.17, 15) is 23.1 Å². The fourth-order valence-electron chi connectivity index (χ4n) is 4.85. The molecule has 1 aliphatic carbocycles. The van der Waals surface area contributed by atoms with E-state index in [4.69, 9.17) is 0 Å². The van der Waals surface area contributed by atoms with Gasteiger partial charge in [0.1, 0.15) is 5.82 Å². The van der Waals surface area contributed by atoms with E-state index in [2.05, 4.69) is 6.92 Å². The molecule has 174 valence electrons. The second-order valence-corrected chi connectivity index (χ2v) is 8.93. The van der Waals surface area contributed by atoms with Crippen LogP contribution in [-0.2, 0) is 6.42 Å². The molecule has 0 unspecified atom stereocenters. The molecule has 0 aliphatic heterocycles. The summed E-state index contributed by atoms with van der Waals surface area (Å²) in [7, 11) is 0. The standard InChI is InChI=1S/C26H30F4O2/c1-2-3-4-5-16-6-8-17(9-7-16)10-11-20-19(12-13-21(24(20)29)26(31)32)18-14-22(27)25(30)23(28)15-18/h12-17H,2-11H2,1H3,(H,31,32). The third kappa shape index (κ3) is 5.70. The average Bonchev–Trinajstić information content (AvgIpc) is 2.77. The van der Waals surface area contributed by atoms with Crippen LogP contribution in [0.15, 0.2) is 24.3 Å². The maximum Gasteiger partial charge on any atom is 0.338 e. The number of halogens is 4. The Bertz CT molecular complexity index is 926. The van der Waals surface area contributed by atoms with Gasteiger partial charge < -0.3 is 5.11 Å². The van der Waals surface area contributed by atoms with Gasteiger partial charge in [-0.3, -0.25) is 0 Å². The Hall–Kier alpha value is -2.37. The Kier molecular flexibility index (Phi) is 8.32. The lowest BCUT2D eigenvalue weighted by Crippen LogP contribution is -2.16. The monoisotopic (exact) mass is 450 g/mol. The molecule has 1 fully saturated rings. The molecule has 2 nitrogen and oxygen atoms in total. The van der Waals surface area contributed by atoms with Gasteiger partial charge in [-0.2, -0.15) is 0 Å². The van der Waals surface area contributed by atoms with Crippen molar-refractivity contribution in [2.24, 2.45) is 11.8 Å². The number of hydrogen-bond donors (Lipinski definition) is 1. The first-order chi connectivity index (χ1) is 15.3. The van der Waals surface area contributed by atoms with E-state index in [0.717, 1.165) is 49.8 Å². The van der Waals surface area contributed by atoms with Crippen molar-refractivity contribution in [1.82, 2.24) is 0 Å². The minimum atomic E-state index is -1.59. The number of carboxylic acids is 1. The molecule has 0 amide bonds. The SMILES string of the molecule is CCCCCC1CCC(CCc2c(-c3cc(F)c(F)c(F)c3)ccc(C(=O)O)c2F)CC1. The molecule has 0 radical (unpaired) electrons. The van der Waals surface area contributed by atoms with E-state index in [-0.39, 0.29) is 23.1 Å². The molecular weight excluding hydrogens is 420 g/mol. The number of aromatic carboxylic acids is 1. The molecule has 0 atom stereocenters. The van der Waals surface area contributed by atoms with Gasteiger partial charge in [0.25, 0.3) is 0 Å². The average molecular weight is 451 g/mol. The molecular formula is C26H30F4O2. The van der Waals surface area contributed by atoms with Gasteiger partial charge in [0, 0.05) is 0 Å². The van der Waals surface area contributed by atoms with Gasteiger partial charge in [-0.25, -0.2) is 22.4 Å². The fraction of sp³-hybridized carbons (Fsp3) is 0.500. The van der Waals surface area contributed by atoms with Crippen molar-refractivity contribution in [2.75, 3.05) is 0 Å². The largest absolute Gasteiger partial charge is 0.478 e. The van der Waals surface area contributed by atoms with E-state index >= 15 is 4.39 Å². The summed E-state index contributed by atoms with van der Waals surface area (Å²) in [6, 6.07) is 4.06. The number of rotatable bonds is 9. The summed E-state index contributed by atoms with van der Waals surface area (Å²) in [6.45, 7) is 2.19. The van der Waals surface area contributed by atoms with E-state index in [1.54, 1.807) is 0 Å². The molecule has 0 bridgehead atoms. The molecule has 3 rings (SSSR count). The first kappa shape index (κ1) is 24.3. The first-order valence-corrected chi connectivity index (χ1v) is 11.5. The number of unbranched alkanes of at least 4 members (excludes halogenated alkanes) is 2. The molecule has 0 aromatic heterocycles. The van der Waals surface area contributed by atoms with Crippen LogP contribution >= 0.6 is 0 Å². The quantitative estimate of drug-likeness (QED) is 0.239. The van der Waals surface area contributed by atoms with Gasteiger partial charge in [0.05, 0.1) is 5.56 Å². The second-order valence-electron chi connectivity index (χ2n) is 8.93. The highest BCUT2D eigenvalue weighted by molar-refractivity contribution is 5.89. The van der Waals surface area contributed by atoms with Crippen molar-refractivity contribution in [3.8, 4) is 11.1 Å². The Labute approximate surface area is 186 Å². The van der Waals surface area contributed by atoms with Gasteiger partial charge in [0.2, 0.25) is 0 Å². The van der Waals surface area contributed by atoms with Crippen molar-refractivity contribution in [3.05, 3.63) is 58.7 Å². The molecule has 6 heteroatoms. The predicted octanol–water partition coefficient (Wildman–Crippen LogP) is 7.93. The summed E-state index contributed by atoms with van der Waals surface area (Å²) in [5.41, 5.74) is -0.183. The van der Waals surface area contributed by atoms with Crippen molar-refractivity contribution in [2.45, 2.75) is 71.1 Å². The highest BCUT2D eigenvalue weighted by Crippen LogP contribution is 2.36. The number of hydrogen-bond acceptors (Lipinski definition) is 1. The predicted molar refractivity (Wildman–Crippen MR) is 117 cm³/mol. The molecule has 0 spiro atoms.